The molecule has 8 nitrogen and oxygen atoms in total. The molecule has 1 aromatic carbocycles. The maximum Gasteiger partial charge on any atom is 0.331 e. The van der Waals surface area contributed by atoms with E-state index in [2.05, 4.69) is 10.3 Å². The van der Waals surface area contributed by atoms with Crippen molar-refractivity contribution in [3.05, 3.63) is 62.4 Å². The van der Waals surface area contributed by atoms with Gasteiger partial charge in [-0.15, -0.1) is 0 Å². The van der Waals surface area contributed by atoms with E-state index >= 15 is 0 Å². The van der Waals surface area contributed by atoms with Gasteiger partial charge in [0.15, 0.2) is 5.06 Å². The van der Waals surface area contributed by atoms with Gasteiger partial charge in [0.1, 0.15) is 10.4 Å². The first-order chi connectivity index (χ1) is 15.3. The second-order valence-corrected chi connectivity index (χ2v) is 9.09. The summed E-state index contributed by atoms with van der Waals surface area (Å²) < 4.78 is 8.66. The molecule has 0 fully saturated rings. The second kappa shape index (κ2) is 8.66. The molecule has 3 heterocycles. The summed E-state index contributed by atoms with van der Waals surface area (Å²) in [6, 6.07) is 8.02. The molecule has 168 valence electrons. The van der Waals surface area contributed by atoms with Crippen molar-refractivity contribution in [2.24, 2.45) is 13.0 Å². The van der Waals surface area contributed by atoms with Crippen LogP contribution >= 0.6 is 11.3 Å². The molecule has 0 saturated heterocycles. The molecular formula is C23H26N4O4S. The Hall–Kier alpha value is -3.33. The molecule has 0 spiro atoms. The highest BCUT2D eigenvalue weighted by atomic mass is 32.1. The van der Waals surface area contributed by atoms with Crippen LogP contribution in [0.1, 0.15) is 29.8 Å². The van der Waals surface area contributed by atoms with Gasteiger partial charge in [0.2, 0.25) is 0 Å². The van der Waals surface area contributed by atoms with E-state index in [1.807, 2.05) is 44.3 Å². The van der Waals surface area contributed by atoms with Crippen molar-refractivity contribution < 1.29 is 9.53 Å². The molecule has 0 radical (unpaired) electrons. The number of carbonyl (C=O) groups excluding carboxylic acids is 1. The van der Waals surface area contributed by atoms with E-state index in [1.54, 1.807) is 4.57 Å². The first-order valence-corrected chi connectivity index (χ1v) is 11.3. The minimum Gasteiger partial charge on any atom is -0.483 e. The summed E-state index contributed by atoms with van der Waals surface area (Å²) in [6.45, 7) is 4.75. The third kappa shape index (κ3) is 3.73. The van der Waals surface area contributed by atoms with Crippen molar-refractivity contribution in [3.8, 4) is 5.06 Å². The molecule has 0 atom stereocenters. The van der Waals surface area contributed by atoms with Crippen LogP contribution in [0.5, 0.6) is 5.06 Å². The zero-order valence-corrected chi connectivity index (χ0v) is 19.3. The Kier molecular flexibility index (Phi) is 5.92. The van der Waals surface area contributed by atoms with E-state index in [0.29, 0.717) is 29.5 Å². The highest BCUT2D eigenvalue weighted by molar-refractivity contribution is 7.20. The summed E-state index contributed by atoms with van der Waals surface area (Å²) >= 11 is 1.17. The Morgan fingerprint density at radius 3 is 2.72 bits per heavy atom. The van der Waals surface area contributed by atoms with Crippen LogP contribution in [0.25, 0.3) is 21.1 Å². The molecule has 4 rings (SSSR count). The van der Waals surface area contributed by atoms with Crippen LogP contribution in [0.15, 0.2) is 40.1 Å². The van der Waals surface area contributed by atoms with Gasteiger partial charge in [-0.25, -0.2) is 4.79 Å². The molecule has 3 aromatic heterocycles. The molecule has 0 unspecified atom stereocenters. The van der Waals surface area contributed by atoms with Crippen LogP contribution in [0, 0.1) is 5.92 Å². The zero-order chi connectivity index (χ0) is 23.0. The number of rotatable bonds is 7. The smallest absolute Gasteiger partial charge is 0.331 e. The Morgan fingerprint density at radius 2 is 2.00 bits per heavy atom. The number of ether oxygens (including phenoxy) is 1. The number of nitrogens with zero attached hydrogens (tertiary/aromatic N) is 2. The fourth-order valence-electron chi connectivity index (χ4n) is 3.86. The zero-order valence-electron chi connectivity index (χ0n) is 18.5. The number of nitrogens with one attached hydrogen (secondary N) is 2. The number of amides is 1. The fourth-order valence-corrected chi connectivity index (χ4v) is 5.03. The van der Waals surface area contributed by atoms with E-state index in [9.17, 15) is 14.4 Å². The Labute approximate surface area is 188 Å². The maximum atomic E-state index is 13.0. The van der Waals surface area contributed by atoms with Crippen molar-refractivity contribution in [3.63, 3.8) is 0 Å². The first kappa shape index (κ1) is 21.9. The van der Waals surface area contributed by atoms with Crippen molar-refractivity contribution >= 4 is 38.4 Å². The van der Waals surface area contributed by atoms with Gasteiger partial charge < -0.3 is 15.0 Å². The Morgan fingerprint density at radius 1 is 1.25 bits per heavy atom. The number of carbonyl (C=O) groups is 1. The van der Waals surface area contributed by atoms with E-state index in [4.69, 9.17) is 4.74 Å². The van der Waals surface area contributed by atoms with Crippen LogP contribution in [0.3, 0.4) is 0 Å². The lowest BCUT2D eigenvalue weighted by molar-refractivity contribution is 0.0961. The van der Waals surface area contributed by atoms with Crippen molar-refractivity contribution in [1.82, 2.24) is 19.4 Å². The number of hydrogen-bond acceptors (Lipinski definition) is 5. The van der Waals surface area contributed by atoms with E-state index in [1.165, 1.54) is 25.4 Å². The van der Waals surface area contributed by atoms with Gasteiger partial charge in [0.05, 0.1) is 12.0 Å². The molecule has 0 bridgehead atoms. The Balaban J connectivity index is 1.76. The number of hydrogen-bond donors (Lipinski definition) is 2. The fraction of sp³-hybridized carbons (Fsp3) is 0.348. The third-order valence-electron chi connectivity index (χ3n) is 5.42. The molecule has 32 heavy (non-hydrogen) atoms. The van der Waals surface area contributed by atoms with Gasteiger partial charge in [0.25, 0.3) is 11.5 Å². The van der Waals surface area contributed by atoms with Crippen LogP contribution in [-0.2, 0) is 20.0 Å². The van der Waals surface area contributed by atoms with Crippen molar-refractivity contribution in [1.29, 1.82) is 0 Å². The van der Waals surface area contributed by atoms with Crippen molar-refractivity contribution in [2.45, 2.75) is 26.8 Å². The number of aromatic nitrogens is 3. The average Bonchev–Trinajstić information content (AvgIpc) is 3.36. The lowest BCUT2D eigenvalue weighted by Crippen LogP contribution is -2.39. The van der Waals surface area contributed by atoms with Crippen molar-refractivity contribution in [2.75, 3.05) is 13.7 Å². The second-order valence-electron chi connectivity index (χ2n) is 8.13. The molecule has 0 saturated carbocycles. The standard InChI is InChI=1S/C23H26N4O4S/c1-13(2)12-27-21-18(20(29)26(4)23(27)30)17(19(28)24-3)22(32-21)31-10-9-14-11-25-16-8-6-5-7-15(14)16/h5-8,11,13,25H,9-10,12H2,1-4H3,(H,24,28). The molecule has 2 N–H and O–H groups in total. The SMILES string of the molecule is CNC(=O)c1c(OCCc2c[nH]c3ccccc23)sc2c1c(=O)n(C)c(=O)n2CC(C)C. The third-order valence-corrected chi connectivity index (χ3v) is 6.55. The summed E-state index contributed by atoms with van der Waals surface area (Å²) in [5.74, 6) is -0.226. The molecule has 0 aliphatic heterocycles. The van der Waals surface area contributed by atoms with Crippen LogP contribution < -0.4 is 21.3 Å². The maximum absolute atomic E-state index is 13.0. The van der Waals surface area contributed by atoms with Gasteiger partial charge in [-0.3, -0.25) is 18.7 Å². The van der Waals surface area contributed by atoms with Crippen LogP contribution in [0.2, 0.25) is 0 Å². The monoisotopic (exact) mass is 454 g/mol. The van der Waals surface area contributed by atoms with Gasteiger partial charge in [0, 0.05) is 44.2 Å². The molecule has 0 aliphatic rings. The quantitative estimate of drug-likeness (QED) is 0.449. The number of benzene rings is 1. The van der Waals surface area contributed by atoms with Gasteiger partial charge >= 0.3 is 5.69 Å². The summed E-state index contributed by atoms with van der Waals surface area (Å²) in [4.78, 5) is 42.2. The number of aromatic amines is 1. The summed E-state index contributed by atoms with van der Waals surface area (Å²) in [6.07, 6.45) is 2.58. The number of thiophene rings is 1. The van der Waals surface area contributed by atoms with E-state index in [0.717, 1.165) is 21.0 Å². The predicted octanol–water partition coefficient (Wildman–Crippen LogP) is 2.88. The van der Waals surface area contributed by atoms with Crippen LogP contribution in [-0.4, -0.2) is 33.7 Å². The number of para-hydroxylation sites is 1. The van der Waals surface area contributed by atoms with E-state index < -0.39 is 17.2 Å². The largest absolute Gasteiger partial charge is 0.483 e. The minimum absolute atomic E-state index is 0.185. The first-order valence-electron chi connectivity index (χ1n) is 10.5. The summed E-state index contributed by atoms with van der Waals surface area (Å²) in [7, 11) is 2.94. The van der Waals surface area contributed by atoms with Crippen LogP contribution in [0.4, 0.5) is 0 Å². The molecule has 4 aromatic rings. The Bertz CT molecular complexity index is 1420. The topological polar surface area (TPSA) is 98.1 Å². The van der Waals surface area contributed by atoms with E-state index in [-0.39, 0.29) is 16.9 Å². The molecule has 1 amide bonds. The summed E-state index contributed by atoms with van der Waals surface area (Å²) in [5.41, 5.74) is 1.45. The number of H-pyrrole nitrogens is 1. The van der Waals surface area contributed by atoms with Gasteiger partial charge in [-0.05, 0) is 17.5 Å². The highest BCUT2D eigenvalue weighted by Gasteiger charge is 2.26. The minimum atomic E-state index is -0.494. The van der Waals surface area contributed by atoms with Gasteiger partial charge in [-0.2, -0.15) is 0 Å². The normalized spacial score (nSPS) is 11.5. The molecule has 0 aliphatic carbocycles. The lowest BCUT2D eigenvalue weighted by atomic mass is 10.1. The predicted molar refractivity (Wildman–Crippen MR) is 127 cm³/mol. The summed E-state index contributed by atoms with van der Waals surface area (Å²) in [5, 5.41) is 4.29. The lowest BCUT2D eigenvalue weighted by Gasteiger charge is -2.11. The number of fused-ring (bicyclic) bond motifs is 2. The van der Waals surface area contributed by atoms with Gasteiger partial charge in [-0.1, -0.05) is 43.4 Å². The molecule has 9 heteroatoms. The molecular weight excluding hydrogens is 428 g/mol. The highest BCUT2D eigenvalue weighted by Crippen LogP contribution is 2.36. The average molecular weight is 455 g/mol.